The Bertz CT molecular complexity index is 131. The van der Waals surface area contributed by atoms with Crippen molar-refractivity contribution in [2.24, 2.45) is 0 Å². The average Bonchev–Trinajstić information content (AvgIpc) is 2.02. The third-order valence-corrected chi connectivity index (χ3v) is 0.838. The van der Waals surface area contributed by atoms with Crippen molar-refractivity contribution in [2.45, 2.75) is 40.9 Å². The van der Waals surface area contributed by atoms with Crippen molar-refractivity contribution in [2.75, 3.05) is 13.2 Å². The molecule has 0 aromatic heterocycles. The zero-order valence-electron chi connectivity index (χ0n) is 10.7. The zero-order valence-corrected chi connectivity index (χ0v) is 10.7. The third-order valence-electron chi connectivity index (χ3n) is 0.838. The predicted octanol–water partition coefficient (Wildman–Crippen LogP) is -0.905. The van der Waals surface area contributed by atoms with Crippen molar-refractivity contribution in [1.82, 2.24) is 0 Å². The molecule has 1 N–H and O–H groups in total. The molecule has 0 amide bonds. The number of carbonyl (C=O) groups is 1. The number of ether oxygens (including phenoxy) is 2. The fourth-order valence-electron chi connectivity index (χ4n) is 0.493. The Morgan fingerprint density at radius 2 is 1.47 bits per heavy atom. The van der Waals surface area contributed by atoms with Crippen LogP contribution in [0.2, 0.25) is 0 Å². The second-order valence-corrected chi connectivity index (χ2v) is 3.08. The molecule has 0 fully saturated rings. The Morgan fingerprint density at radius 1 is 1.20 bits per heavy atom. The van der Waals surface area contributed by atoms with Crippen LogP contribution in [-0.4, -0.2) is 30.6 Å². The minimum absolute atomic E-state index is 0. The van der Waals surface area contributed by atoms with Gasteiger partial charge in [-0.2, -0.15) is 20.8 Å². The van der Waals surface area contributed by atoms with Crippen LogP contribution in [0.3, 0.4) is 0 Å². The number of aliphatic carboxylic acids is 1. The van der Waals surface area contributed by atoms with Gasteiger partial charge in [-0.05, 0) is 13.8 Å². The fourth-order valence-corrected chi connectivity index (χ4v) is 0.493. The summed E-state index contributed by atoms with van der Waals surface area (Å²) in [6.45, 7) is 10.4. The molecule has 0 bridgehead atoms. The molecule has 0 aromatic rings. The van der Waals surface area contributed by atoms with Crippen LogP contribution in [-0.2, 0) is 14.3 Å². The van der Waals surface area contributed by atoms with Gasteiger partial charge < -0.3 is 20.5 Å². The quantitative estimate of drug-likeness (QED) is 0.364. The molecule has 0 aromatic carbocycles. The Hall–Kier alpha value is -0.0126. The summed E-state index contributed by atoms with van der Waals surface area (Å²) < 4.78 is 9.44. The van der Waals surface area contributed by atoms with Crippen LogP contribution in [0, 0.1) is 5.92 Å². The Balaban J connectivity index is -0.000000249. The van der Waals surface area contributed by atoms with Crippen LogP contribution in [0.1, 0.15) is 34.6 Å². The number of rotatable bonds is 5. The van der Waals surface area contributed by atoms with Gasteiger partial charge in [0.15, 0.2) is 0 Å². The largest absolute Gasteiger partial charge is 1.00 e. The molecule has 0 heterocycles. The molecule has 4 nitrogen and oxygen atoms in total. The van der Waals surface area contributed by atoms with E-state index in [1.807, 2.05) is 0 Å². The first-order chi connectivity index (χ1) is 6.45. The van der Waals surface area contributed by atoms with E-state index < -0.39 is 12.3 Å². The average molecular weight is 212 g/mol. The second-order valence-electron chi connectivity index (χ2n) is 3.08. The number of hydrogen-bond acceptors (Lipinski definition) is 3. The van der Waals surface area contributed by atoms with Crippen molar-refractivity contribution in [3.05, 3.63) is 5.92 Å². The zero-order chi connectivity index (χ0) is 11.6. The van der Waals surface area contributed by atoms with E-state index in [0.29, 0.717) is 13.2 Å². The first-order valence-corrected chi connectivity index (χ1v) is 4.68. The smallest absolute Gasteiger partial charge is 0.477 e. The third kappa shape index (κ3) is 20.2. The van der Waals surface area contributed by atoms with Gasteiger partial charge in [0.25, 0.3) is 6.29 Å². The van der Waals surface area contributed by atoms with Gasteiger partial charge >= 0.3 is 24.8 Å². The molecule has 0 rings (SSSR count). The Labute approximate surface area is 105 Å². The standard InChI is InChI=1S/C6H12O4.C4H9.Li/c1-3-9-6(5(7)8)10-4-2;1-4(2)3;/h6H,3-4H2,1-2H3,(H,7,8);1-3H3;/q;-1;+1. The first kappa shape index (κ1) is 20.4. The molecular weight excluding hydrogens is 191 g/mol. The molecule has 0 unspecified atom stereocenters. The van der Waals surface area contributed by atoms with Crippen molar-refractivity contribution >= 4 is 5.97 Å². The molecule has 86 valence electrons. The number of carboxylic acid groups (broad SMARTS) is 1. The number of carboxylic acids is 1. The molecule has 5 heteroatoms. The first-order valence-electron chi connectivity index (χ1n) is 4.68. The van der Waals surface area contributed by atoms with E-state index in [4.69, 9.17) is 14.6 Å². The van der Waals surface area contributed by atoms with E-state index >= 15 is 0 Å². The van der Waals surface area contributed by atoms with E-state index in [2.05, 4.69) is 20.8 Å². The summed E-state index contributed by atoms with van der Waals surface area (Å²) in [6.07, 6.45) is -1.10. The Kier molecular flexibility index (Phi) is 19.0. The molecule has 0 aliphatic carbocycles. The van der Waals surface area contributed by atoms with Gasteiger partial charge in [0.2, 0.25) is 0 Å². The fraction of sp³-hybridized carbons (Fsp3) is 0.800. The molecule has 0 aliphatic rings. The maximum atomic E-state index is 10.2. The van der Waals surface area contributed by atoms with E-state index in [1.165, 1.54) is 5.92 Å². The summed E-state index contributed by atoms with van der Waals surface area (Å²) in [4.78, 5) is 10.2. The van der Waals surface area contributed by atoms with Gasteiger partial charge in [0.1, 0.15) is 0 Å². The van der Waals surface area contributed by atoms with E-state index in [-0.39, 0.29) is 18.9 Å². The molecule has 0 radical (unpaired) electrons. The maximum Gasteiger partial charge on any atom is 1.00 e. The monoisotopic (exact) mass is 212 g/mol. The van der Waals surface area contributed by atoms with Crippen molar-refractivity contribution in [3.8, 4) is 0 Å². The van der Waals surface area contributed by atoms with Crippen LogP contribution in [0.4, 0.5) is 0 Å². The van der Waals surface area contributed by atoms with Crippen LogP contribution in [0.25, 0.3) is 0 Å². The van der Waals surface area contributed by atoms with Gasteiger partial charge in [0, 0.05) is 13.2 Å². The molecular formula is C10H21LiO4. The van der Waals surface area contributed by atoms with Crippen LogP contribution < -0.4 is 18.9 Å². The molecule has 15 heavy (non-hydrogen) atoms. The molecule has 0 saturated heterocycles. The van der Waals surface area contributed by atoms with Crippen LogP contribution in [0.5, 0.6) is 0 Å². The molecule has 0 atom stereocenters. The van der Waals surface area contributed by atoms with Crippen LogP contribution >= 0.6 is 0 Å². The molecule has 0 aliphatic heterocycles. The summed E-state index contributed by atoms with van der Waals surface area (Å²) in [5.74, 6) is 0.337. The summed E-state index contributed by atoms with van der Waals surface area (Å²) >= 11 is 0. The minimum Gasteiger partial charge on any atom is -0.477 e. The van der Waals surface area contributed by atoms with Crippen molar-refractivity contribution in [1.29, 1.82) is 0 Å². The summed E-state index contributed by atoms with van der Waals surface area (Å²) in [6, 6.07) is 0. The van der Waals surface area contributed by atoms with Gasteiger partial charge in [-0.1, -0.05) is 0 Å². The second kappa shape index (κ2) is 14.0. The summed E-state index contributed by atoms with van der Waals surface area (Å²) in [5, 5.41) is 8.39. The van der Waals surface area contributed by atoms with Gasteiger partial charge in [-0.25, -0.2) is 4.79 Å². The number of hydrogen-bond donors (Lipinski definition) is 1. The summed E-state index contributed by atoms with van der Waals surface area (Å²) in [7, 11) is 0. The topological polar surface area (TPSA) is 55.8 Å². The van der Waals surface area contributed by atoms with Crippen molar-refractivity contribution in [3.63, 3.8) is 0 Å². The van der Waals surface area contributed by atoms with E-state index in [9.17, 15) is 4.79 Å². The van der Waals surface area contributed by atoms with Gasteiger partial charge in [-0.3, -0.25) is 0 Å². The SMILES string of the molecule is CCOC(OCC)C(=O)O.C[C-](C)C.[Li+]. The molecule has 0 spiro atoms. The predicted molar refractivity (Wildman–Crippen MR) is 54.9 cm³/mol. The minimum atomic E-state index is -1.10. The normalized spacial score (nSPS) is 9.27. The van der Waals surface area contributed by atoms with Gasteiger partial charge in [-0.15, -0.1) is 0 Å². The maximum absolute atomic E-state index is 10.2. The van der Waals surface area contributed by atoms with E-state index in [1.54, 1.807) is 13.8 Å². The Morgan fingerprint density at radius 3 is 1.60 bits per heavy atom. The van der Waals surface area contributed by atoms with Crippen LogP contribution in [0.15, 0.2) is 0 Å². The molecule has 0 saturated carbocycles. The van der Waals surface area contributed by atoms with Crippen molar-refractivity contribution < 1.29 is 38.2 Å². The van der Waals surface area contributed by atoms with Gasteiger partial charge in [0.05, 0.1) is 0 Å². The van der Waals surface area contributed by atoms with E-state index in [0.717, 1.165) is 0 Å². The summed E-state index contributed by atoms with van der Waals surface area (Å²) in [5.41, 5.74) is 0.